The quantitative estimate of drug-likeness (QED) is 0.919. The third-order valence-corrected chi connectivity index (χ3v) is 4.23. The standard InChI is InChI=1S/C16H18N2O2S/c1-10-4-5-21-16(10)15(11(2)18)20-14-7-12(9-17)6-13(8-14)19-3/h4-8,11,15H,18H2,1-3H3. The van der Waals surface area contributed by atoms with Crippen molar-refractivity contribution in [3.63, 3.8) is 0 Å². The van der Waals surface area contributed by atoms with E-state index in [1.165, 1.54) is 0 Å². The van der Waals surface area contributed by atoms with Crippen molar-refractivity contribution in [3.05, 3.63) is 45.6 Å². The van der Waals surface area contributed by atoms with E-state index < -0.39 is 0 Å². The topological polar surface area (TPSA) is 68.3 Å². The van der Waals surface area contributed by atoms with Crippen LogP contribution in [0.2, 0.25) is 0 Å². The molecule has 2 aromatic rings. The number of thiophene rings is 1. The Labute approximate surface area is 128 Å². The highest BCUT2D eigenvalue weighted by Gasteiger charge is 2.22. The summed E-state index contributed by atoms with van der Waals surface area (Å²) >= 11 is 1.62. The van der Waals surface area contributed by atoms with Gasteiger partial charge in [-0.3, -0.25) is 0 Å². The van der Waals surface area contributed by atoms with Crippen molar-refractivity contribution < 1.29 is 9.47 Å². The third kappa shape index (κ3) is 3.54. The fourth-order valence-electron chi connectivity index (χ4n) is 2.04. The third-order valence-electron chi connectivity index (χ3n) is 3.15. The molecule has 0 amide bonds. The molecule has 2 rings (SSSR count). The van der Waals surface area contributed by atoms with Crippen LogP contribution < -0.4 is 15.2 Å². The first-order valence-corrected chi connectivity index (χ1v) is 7.48. The summed E-state index contributed by atoms with van der Waals surface area (Å²) < 4.78 is 11.2. The van der Waals surface area contributed by atoms with Gasteiger partial charge in [-0.1, -0.05) is 0 Å². The molecule has 1 aromatic carbocycles. The highest BCUT2D eigenvalue weighted by molar-refractivity contribution is 7.10. The van der Waals surface area contributed by atoms with Crippen LogP contribution in [0.25, 0.3) is 0 Å². The van der Waals surface area contributed by atoms with E-state index in [-0.39, 0.29) is 12.1 Å². The Morgan fingerprint density at radius 3 is 2.52 bits per heavy atom. The maximum Gasteiger partial charge on any atom is 0.148 e. The fourth-order valence-corrected chi connectivity index (χ4v) is 3.11. The van der Waals surface area contributed by atoms with Crippen LogP contribution in [-0.2, 0) is 0 Å². The molecule has 110 valence electrons. The first kappa shape index (κ1) is 15.4. The number of hydrogen-bond acceptors (Lipinski definition) is 5. The Kier molecular flexibility index (Phi) is 4.84. The van der Waals surface area contributed by atoms with E-state index in [4.69, 9.17) is 20.5 Å². The summed E-state index contributed by atoms with van der Waals surface area (Å²) in [6, 6.07) is 9.11. The van der Waals surface area contributed by atoms with Crippen LogP contribution in [0.4, 0.5) is 0 Å². The van der Waals surface area contributed by atoms with Gasteiger partial charge in [0, 0.05) is 17.0 Å². The number of nitrogens with two attached hydrogens (primary N) is 1. The summed E-state index contributed by atoms with van der Waals surface area (Å²) in [5.74, 6) is 1.18. The van der Waals surface area contributed by atoms with E-state index in [1.807, 2.05) is 25.3 Å². The molecule has 0 aliphatic heterocycles. The van der Waals surface area contributed by atoms with Crippen LogP contribution in [0.5, 0.6) is 11.5 Å². The maximum atomic E-state index is 9.07. The lowest BCUT2D eigenvalue weighted by Gasteiger charge is -2.22. The van der Waals surface area contributed by atoms with Crippen LogP contribution >= 0.6 is 11.3 Å². The Morgan fingerprint density at radius 2 is 2.00 bits per heavy atom. The minimum absolute atomic E-state index is 0.168. The SMILES string of the molecule is COc1cc(C#N)cc(OC(c2sccc2C)C(C)N)c1. The van der Waals surface area contributed by atoms with E-state index in [1.54, 1.807) is 36.6 Å². The van der Waals surface area contributed by atoms with E-state index in [0.29, 0.717) is 17.1 Å². The molecule has 4 nitrogen and oxygen atoms in total. The number of hydrogen-bond donors (Lipinski definition) is 1. The lowest BCUT2D eigenvalue weighted by atomic mass is 10.1. The van der Waals surface area contributed by atoms with Gasteiger partial charge >= 0.3 is 0 Å². The van der Waals surface area contributed by atoms with Crippen LogP contribution in [0.1, 0.15) is 29.0 Å². The number of ether oxygens (including phenoxy) is 2. The minimum atomic E-state index is -0.247. The average Bonchev–Trinajstić information content (AvgIpc) is 2.89. The Balaban J connectivity index is 2.34. The molecule has 2 atom stereocenters. The minimum Gasteiger partial charge on any atom is -0.497 e. The van der Waals surface area contributed by atoms with E-state index in [2.05, 4.69) is 6.07 Å². The second-order valence-corrected chi connectivity index (χ2v) is 5.82. The molecular weight excluding hydrogens is 284 g/mol. The fraction of sp³-hybridized carbons (Fsp3) is 0.312. The first-order chi connectivity index (χ1) is 10.0. The number of nitriles is 1. The first-order valence-electron chi connectivity index (χ1n) is 6.60. The zero-order valence-corrected chi connectivity index (χ0v) is 13.1. The molecule has 0 saturated carbocycles. The molecule has 0 aliphatic carbocycles. The highest BCUT2D eigenvalue weighted by atomic mass is 32.1. The van der Waals surface area contributed by atoms with Gasteiger partial charge in [-0.25, -0.2) is 0 Å². The molecule has 0 spiro atoms. The summed E-state index contributed by atoms with van der Waals surface area (Å²) in [6.45, 7) is 3.95. The van der Waals surface area contributed by atoms with E-state index in [9.17, 15) is 0 Å². The maximum absolute atomic E-state index is 9.07. The molecule has 0 aliphatic rings. The van der Waals surface area contributed by atoms with E-state index >= 15 is 0 Å². The number of benzene rings is 1. The van der Waals surface area contributed by atoms with Gasteiger partial charge in [-0.2, -0.15) is 5.26 Å². The Bertz CT molecular complexity index is 659. The summed E-state index contributed by atoms with van der Waals surface area (Å²) in [4.78, 5) is 1.10. The summed E-state index contributed by atoms with van der Waals surface area (Å²) in [5.41, 5.74) is 7.73. The van der Waals surface area contributed by atoms with Gasteiger partial charge in [0.1, 0.15) is 17.6 Å². The average molecular weight is 302 g/mol. The molecule has 1 heterocycles. The van der Waals surface area contributed by atoms with Gasteiger partial charge in [0.15, 0.2) is 0 Å². The van der Waals surface area contributed by atoms with Gasteiger partial charge in [-0.15, -0.1) is 11.3 Å². The highest BCUT2D eigenvalue weighted by Crippen LogP contribution is 2.32. The predicted molar refractivity (Wildman–Crippen MR) is 83.8 cm³/mol. The Hall–Kier alpha value is -2.03. The second-order valence-electron chi connectivity index (χ2n) is 4.87. The number of aryl methyl sites for hydroxylation is 1. The van der Waals surface area contributed by atoms with Crippen molar-refractivity contribution in [2.75, 3.05) is 7.11 Å². The number of methoxy groups -OCH3 is 1. The van der Waals surface area contributed by atoms with Crippen LogP contribution in [-0.4, -0.2) is 13.2 Å². The van der Waals surface area contributed by atoms with Gasteiger partial charge in [0.05, 0.1) is 18.7 Å². The van der Waals surface area contributed by atoms with Gasteiger partial charge in [0.2, 0.25) is 0 Å². The zero-order valence-electron chi connectivity index (χ0n) is 12.3. The zero-order chi connectivity index (χ0) is 15.4. The molecule has 5 heteroatoms. The van der Waals surface area contributed by atoms with Crippen LogP contribution in [0, 0.1) is 18.3 Å². The Morgan fingerprint density at radius 1 is 1.29 bits per heavy atom. The van der Waals surface area contributed by atoms with Crippen molar-refractivity contribution in [3.8, 4) is 17.6 Å². The predicted octanol–water partition coefficient (Wildman–Crippen LogP) is 3.40. The van der Waals surface area contributed by atoms with Gasteiger partial charge in [0.25, 0.3) is 0 Å². The molecule has 2 N–H and O–H groups in total. The van der Waals surface area contributed by atoms with Crippen LogP contribution in [0.15, 0.2) is 29.6 Å². The summed E-state index contributed by atoms with van der Waals surface area (Å²) in [7, 11) is 1.56. The van der Waals surface area contributed by atoms with Crippen molar-refractivity contribution >= 4 is 11.3 Å². The van der Waals surface area contributed by atoms with E-state index in [0.717, 1.165) is 10.4 Å². The molecule has 1 aromatic heterocycles. The smallest absolute Gasteiger partial charge is 0.148 e. The van der Waals surface area contributed by atoms with Crippen molar-refractivity contribution in [1.29, 1.82) is 5.26 Å². The normalized spacial score (nSPS) is 13.3. The van der Waals surface area contributed by atoms with Gasteiger partial charge < -0.3 is 15.2 Å². The summed E-state index contributed by atoms with van der Waals surface area (Å²) in [5, 5.41) is 11.1. The monoisotopic (exact) mass is 302 g/mol. The van der Waals surface area contributed by atoms with Crippen molar-refractivity contribution in [2.45, 2.75) is 26.0 Å². The van der Waals surface area contributed by atoms with Crippen molar-refractivity contribution in [2.24, 2.45) is 5.73 Å². The molecular formula is C16H18N2O2S. The molecule has 2 unspecified atom stereocenters. The lowest BCUT2D eigenvalue weighted by Crippen LogP contribution is -2.28. The molecule has 0 bridgehead atoms. The van der Waals surface area contributed by atoms with Gasteiger partial charge in [-0.05, 0) is 43.0 Å². The van der Waals surface area contributed by atoms with Crippen LogP contribution in [0.3, 0.4) is 0 Å². The molecule has 21 heavy (non-hydrogen) atoms. The molecule has 0 radical (unpaired) electrons. The molecule has 0 saturated heterocycles. The number of nitrogens with zero attached hydrogens (tertiary/aromatic N) is 1. The number of rotatable bonds is 5. The molecule has 0 fully saturated rings. The lowest BCUT2D eigenvalue weighted by molar-refractivity contribution is 0.183. The largest absolute Gasteiger partial charge is 0.497 e. The second kappa shape index (κ2) is 6.61. The summed E-state index contributed by atoms with van der Waals surface area (Å²) in [6.07, 6.45) is -0.247. The van der Waals surface area contributed by atoms with Crippen molar-refractivity contribution in [1.82, 2.24) is 0 Å².